The quantitative estimate of drug-likeness (QED) is 0.357. The van der Waals surface area contributed by atoms with E-state index in [4.69, 9.17) is 9.94 Å². The molecule has 7 nitrogen and oxygen atoms in total. The lowest BCUT2D eigenvalue weighted by Gasteiger charge is -2.19. The Morgan fingerprint density at radius 3 is 2.36 bits per heavy atom. The summed E-state index contributed by atoms with van der Waals surface area (Å²) in [7, 11) is 1.46. The maximum Gasteiger partial charge on any atom is 0.268 e. The first-order valence-electron chi connectivity index (χ1n) is 8.14. The number of hydrogen-bond donors (Lipinski definition) is 4. The zero-order chi connectivity index (χ0) is 19.8. The van der Waals surface area contributed by atoms with Gasteiger partial charge in [0, 0.05) is 11.1 Å². The fourth-order valence-corrected chi connectivity index (χ4v) is 2.30. The number of ether oxygens (including phenoxy) is 1. The number of hydrogen-bond acceptors (Lipinski definition) is 5. The van der Waals surface area contributed by atoms with Gasteiger partial charge >= 0.3 is 0 Å². The summed E-state index contributed by atoms with van der Waals surface area (Å²) in [5, 5.41) is 20.7. The van der Waals surface area contributed by atoms with Gasteiger partial charge in [0.25, 0.3) is 11.8 Å². The van der Waals surface area contributed by atoms with E-state index < -0.39 is 24.0 Å². The van der Waals surface area contributed by atoms with Crippen molar-refractivity contribution in [2.45, 2.75) is 26.5 Å². The van der Waals surface area contributed by atoms with Crippen LogP contribution in [0.1, 0.15) is 35.8 Å². The zero-order valence-corrected chi connectivity index (χ0v) is 14.9. The van der Waals surface area contributed by atoms with Crippen LogP contribution in [0.2, 0.25) is 0 Å². The van der Waals surface area contributed by atoms with Crippen molar-refractivity contribution >= 4 is 11.8 Å². The Balaban J connectivity index is 0.00000392. The molecule has 148 valence electrons. The van der Waals surface area contributed by atoms with E-state index >= 15 is 0 Å². The van der Waals surface area contributed by atoms with Gasteiger partial charge in [0.05, 0.1) is 18.8 Å². The monoisotopic (exact) mass is 384 g/mol. The second-order valence-corrected chi connectivity index (χ2v) is 5.70. The van der Waals surface area contributed by atoms with Crippen molar-refractivity contribution in [2.75, 3.05) is 7.11 Å². The van der Waals surface area contributed by atoms with E-state index in [1.807, 2.05) is 30.3 Å². The molecule has 0 saturated heterocycles. The van der Waals surface area contributed by atoms with Crippen LogP contribution in [0, 0.1) is 11.8 Å². The number of aliphatic hydroxyl groups excluding tert-OH is 1. The second-order valence-electron chi connectivity index (χ2n) is 5.70. The van der Waals surface area contributed by atoms with E-state index in [1.54, 1.807) is 6.07 Å². The molecule has 0 heterocycles. The Hall–Kier alpha value is -3.34. The Bertz CT molecular complexity index is 869. The minimum Gasteiger partial charge on any atom is -0.495 e. The van der Waals surface area contributed by atoms with Gasteiger partial charge in [-0.2, -0.15) is 0 Å². The highest BCUT2D eigenvalue weighted by Crippen LogP contribution is 2.19. The number of aliphatic hydroxyl groups is 1. The van der Waals surface area contributed by atoms with E-state index in [0.29, 0.717) is 11.3 Å². The van der Waals surface area contributed by atoms with Gasteiger partial charge in [-0.1, -0.05) is 37.5 Å². The van der Waals surface area contributed by atoms with Crippen LogP contribution in [-0.2, 0) is 4.79 Å². The summed E-state index contributed by atoms with van der Waals surface area (Å²) >= 11 is 0. The van der Waals surface area contributed by atoms with Crippen LogP contribution < -0.4 is 15.5 Å². The van der Waals surface area contributed by atoms with Gasteiger partial charge in [-0.15, -0.1) is 0 Å². The fourth-order valence-electron chi connectivity index (χ4n) is 2.30. The molecular formula is C21H24N2O5. The second kappa shape index (κ2) is 10.7. The summed E-state index contributed by atoms with van der Waals surface area (Å²) in [6, 6.07) is 12.8. The van der Waals surface area contributed by atoms with E-state index in [0.717, 1.165) is 5.56 Å². The molecule has 2 rings (SSSR count). The Morgan fingerprint density at radius 2 is 1.79 bits per heavy atom. The number of nitrogens with one attached hydrogen (secondary N) is 2. The molecule has 0 saturated carbocycles. The van der Waals surface area contributed by atoms with E-state index in [-0.39, 0.29) is 13.0 Å². The van der Waals surface area contributed by atoms with Crippen LogP contribution in [0.3, 0.4) is 0 Å². The lowest BCUT2D eigenvalue weighted by molar-refractivity contribution is -0.133. The number of methoxy groups -OCH3 is 1. The first-order chi connectivity index (χ1) is 13.0. The summed E-state index contributed by atoms with van der Waals surface area (Å²) in [5.41, 5.74) is 3.07. The average molecular weight is 384 g/mol. The minimum atomic E-state index is -1.30. The van der Waals surface area contributed by atoms with Crippen LogP contribution in [0.4, 0.5) is 0 Å². The molecule has 0 radical (unpaired) electrons. The van der Waals surface area contributed by atoms with Crippen molar-refractivity contribution in [3.63, 3.8) is 0 Å². The number of hydroxylamine groups is 1. The normalized spacial score (nSPS) is 11.7. The standard InChI is InChI=1S/C20H20N2O5.CH4/c1-13(23)18(20(25)22-26)21-19(24)16-11-10-15(17(12-16)27-2)9-8-14-6-4-3-5-7-14;/h3-7,10-13,18,23,26H,1-2H3,(H,21,24)(H,22,25);1H4/t13-,18+;/m1./s1. The highest BCUT2D eigenvalue weighted by molar-refractivity contribution is 5.98. The molecule has 7 heteroatoms. The topological polar surface area (TPSA) is 108 Å². The maximum atomic E-state index is 12.4. The van der Waals surface area contributed by atoms with Gasteiger partial charge in [0.1, 0.15) is 11.8 Å². The predicted molar refractivity (Wildman–Crippen MR) is 105 cm³/mol. The summed E-state index contributed by atoms with van der Waals surface area (Å²) in [5.74, 6) is 4.87. The van der Waals surface area contributed by atoms with Crippen molar-refractivity contribution in [1.82, 2.24) is 10.8 Å². The molecule has 2 amide bonds. The Labute approximate surface area is 164 Å². The van der Waals surface area contributed by atoms with Crippen molar-refractivity contribution in [3.05, 3.63) is 65.2 Å². The number of amides is 2. The predicted octanol–water partition coefficient (Wildman–Crippen LogP) is 1.72. The summed E-state index contributed by atoms with van der Waals surface area (Å²) < 4.78 is 5.29. The van der Waals surface area contributed by atoms with Crippen molar-refractivity contribution in [1.29, 1.82) is 0 Å². The zero-order valence-electron chi connectivity index (χ0n) is 14.9. The first-order valence-corrected chi connectivity index (χ1v) is 8.14. The molecule has 0 aliphatic carbocycles. The molecule has 0 fully saturated rings. The lowest BCUT2D eigenvalue weighted by atomic mass is 10.1. The van der Waals surface area contributed by atoms with Gasteiger partial charge in [0.2, 0.25) is 0 Å². The van der Waals surface area contributed by atoms with Gasteiger partial charge < -0.3 is 15.2 Å². The van der Waals surface area contributed by atoms with Crippen molar-refractivity contribution in [3.8, 4) is 17.6 Å². The third-order valence-corrected chi connectivity index (χ3v) is 3.74. The fraction of sp³-hybridized carbons (Fsp3) is 0.238. The Kier molecular flexibility index (Phi) is 8.69. The van der Waals surface area contributed by atoms with Gasteiger partial charge in [-0.25, -0.2) is 5.48 Å². The average Bonchev–Trinajstić information content (AvgIpc) is 2.70. The molecule has 0 unspecified atom stereocenters. The molecule has 2 aromatic rings. The maximum absolute atomic E-state index is 12.4. The highest BCUT2D eigenvalue weighted by Gasteiger charge is 2.26. The largest absolute Gasteiger partial charge is 0.495 e. The molecule has 0 aromatic heterocycles. The number of carbonyl (C=O) groups is 2. The van der Waals surface area contributed by atoms with E-state index in [9.17, 15) is 14.7 Å². The molecule has 2 aromatic carbocycles. The first kappa shape index (κ1) is 22.7. The summed E-state index contributed by atoms with van der Waals surface area (Å²) in [6.45, 7) is 1.32. The van der Waals surface area contributed by atoms with Gasteiger partial charge in [-0.05, 0) is 37.3 Å². The third-order valence-electron chi connectivity index (χ3n) is 3.74. The molecular weight excluding hydrogens is 360 g/mol. The van der Waals surface area contributed by atoms with Crippen molar-refractivity contribution in [2.24, 2.45) is 0 Å². The van der Waals surface area contributed by atoms with Crippen LogP contribution in [0.5, 0.6) is 5.75 Å². The summed E-state index contributed by atoms with van der Waals surface area (Å²) in [6.07, 6.45) is -1.20. The molecule has 0 aliphatic heterocycles. The van der Waals surface area contributed by atoms with Crippen LogP contribution in [-0.4, -0.2) is 41.4 Å². The summed E-state index contributed by atoms with van der Waals surface area (Å²) in [4.78, 5) is 23.9. The highest BCUT2D eigenvalue weighted by atomic mass is 16.5. The van der Waals surface area contributed by atoms with Crippen LogP contribution >= 0.6 is 0 Å². The van der Waals surface area contributed by atoms with E-state index in [2.05, 4.69) is 17.2 Å². The van der Waals surface area contributed by atoms with Crippen LogP contribution in [0.25, 0.3) is 0 Å². The van der Waals surface area contributed by atoms with Crippen LogP contribution in [0.15, 0.2) is 48.5 Å². The molecule has 0 spiro atoms. The minimum absolute atomic E-state index is 0. The molecule has 4 N–H and O–H groups in total. The molecule has 2 atom stereocenters. The van der Waals surface area contributed by atoms with E-state index in [1.165, 1.54) is 31.6 Å². The number of rotatable bonds is 5. The number of carbonyl (C=O) groups excluding carboxylic acids is 2. The smallest absolute Gasteiger partial charge is 0.268 e. The Morgan fingerprint density at radius 1 is 1.11 bits per heavy atom. The number of benzene rings is 2. The lowest BCUT2D eigenvalue weighted by Crippen LogP contribution is -2.51. The molecule has 28 heavy (non-hydrogen) atoms. The van der Waals surface area contributed by atoms with Gasteiger partial charge in [0.15, 0.2) is 0 Å². The molecule has 0 aliphatic rings. The molecule has 0 bridgehead atoms. The SMILES string of the molecule is C.COc1cc(C(=O)N[C@H](C(=O)NO)[C@@H](C)O)ccc1C#Cc1ccccc1. The van der Waals surface area contributed by atoms with Crippen molar-refractivity contribution < 1.29 is 24.6 Å². The third kappa shape index (κ3) is 5.84. The van der Waals surface area contributed by atoms with Gasteiger partial charge in [-0.3, -0.25) is 14.8 Å².